The SMILES string of the molecule is CCOC(=O)CCc1c(C#N)c(-c2ccc(C)cc2)cc2ccccc12. The number of rotatable bonds is 5. The van der Waals surface area contributed by atoms with E-state index < -0.39 is 0 Å². The van der Waals surface area contributed by atoms with Crippen molar-refractivity contribution in [1.82, 2.24) is 0 Å². The number of hydrogen-bond donors (Lipinski definition) is 0. The zero-order valence-corrected chi connectivity index (χ0v) is 15.1. The Labute approximate surface area is 153 Å². The van der Waals surface area contributed by atoms with Crippen molar-refractivity contribution in [3.8, 4) is 17.2 Å². The number of ether oxygens (including phenoxy) is 1. The van der Waals surface area contributed by atoms with Crippen LogP contribution in [-0.2, 0) is 16.0 Å². The second-order valence-corrected chi connectivity index (χ2v) is 6.28. The summed E-state index contributed by atoms with van der Waals surface area (Å²) in [4.78, 5) is 11.8. The maximum absolute atomic E-state index is 11.8. The second kappa shape index (κ2) is 7.84. The third kappa shape index (κ3) is 3.60. The Bertz CT molecular complexity index is 982. The lowest BCUT2D eigenvalue weighted by atomic mass is 9.89. The number of nitrogens with zero attached hydrogens (tertiary/aromatic N) is 1. The van der Waals surface area contributed by atoms with Gasteiger partial charge in [0.05, 0.1) is 12.2 Å². The van der Waals surface area contributed by atoms with Gasteiger partial charge in [0, 0.05) is 12.0 Å². The van der Waals surface area contributed by atoms with Crippen molar-refractivity contribution in [3.05, 3.63) is 71.3 Å². The van der Waals surface area contributed by atoms with Crippen LogP contribution in [0.4, 0.5) is 0 Å². The summed E-state index contributed by atoms with van der Waals surface area (Å²) in [6, 6.07) is 20.6. The van der Waals surface area contributed by atoms with Gasteiger partial charge in [-0.25, -0.2) is 0 Å². The quantitative estimate of drug-likeness (QED) is 0.600. The predicted molar refractivity (Wildman–Crippen MR) is 104 cm³/mol. The normalized spacial score (nSPS) is 10.5. The van der Waals surface area contributed by atoms with E-state index in [1.165, 1.54) is 5.56 Å². The van der Waals surface area contributed by atoms with E-state index in [2.05, 4.69) is 12.1 Å². The molecule has 3 aromatic rings. The van der Waals surface area contributed by atoms with Crippen molar-refractivity contribution in [2.75, 3.05) is 6.61 Å². The molecule has 26 heavy (non-hydrogen) atoms. The molecule has 130 valence electrons. The summed E-state index contributed by atoms with van der Waals surface area (Å²) in [6.45, 7) is 4.21. The Balaban J connectivity index is 2.15. The third-order valence-corrected chi connectivity index (χ3v) is 4.52. The van der Waals surface area contributed by atoms with Gasteiger partial charge in [0.2, 0.25) is 0 Å². The minimum absolute atomic E-state index is 0.235. The number of fused-ring (bicyclic) bond motifs is 1. The zero-order valence-electron chi connectivity index (χ0n) is 15.1. The monoisotopic (exact) mass is 343 g/mol. The summed E-state index contributed by atoms with van der Waals surface area (Å²) in [5, 5.41) is 12.0. The number of hydrogen-bond acceptors (Lipinski definition) is 3. The highest BCUT2D eigenvalue weighted by molar-refractivity contribution is 5.94. The first kappa shape index (κ1) is 17.7. The molecule has 0 spiro atoms. The Morgan fingerprint density at radius 1 is 1.12 bits per heavy atom. The molecule has 0 saturated heterocycles. The summed E-state index contributed by atoms with van der Waals surface area (Å²) in [5.74, 6) is -0.235. The van der Waals surface area contributed by atoms with Gasteiger partial charge in [-0.2, -0.15) is 5.26 Å². The first-order chi connectivity index (χ1) is 12.6. The molecule has 0 aliphatic heterocycles. The van der Waals surface area contributed by atoms with E-state index in [-0.39, 0.29) is 12.4 Å². The van der Waals surface area contributed by atoms with Crippen LogP contribution < -0.4 is 0 Å². The van der Waals surface area contributed by atoms with Crippen LogP contribution in [0.25, 0.3) is 21.9 Å². The lowest BCUT2D eigenvalue weighted by Gasteiger charge is -2.14. The average molecular weight is 343 g/mol. The molecule has 0 saturated carbocycles. The smallest absolute Gasteiger partial charge is 0.306 e. The fourth-order valence-corrected chi connectivity index (χ4v) is 3.23. The highest BCUT2D eigenvalue weighted by atomic mass is 16.5. The molecular weight excluding hydrogens is 322 g/mol. The Hall–Kier alpha value is -3.12. The van der Waals surface area contributed by atoms with Gasteiger partial charge in [-0.3, -0.25) is 4.79 Å². The van der Waals surface area contributed by atoms with Crippen LogP contribution in [0.15, 0.2) is 54.6 Å². The molecule has 0 heterocycles. The molecule has 0 atom stereocenters. The highest BCUT2D eigenvalue weighted by Crippen LogP contribution is 2.33. The summed E-state index contributed by atoms with van der Waals surface area (Å²) in [6.07, 6.45) is 0.756. The number of aryl methyl sites for hydroxylation is 2. The summed E-state index contributed by atoms with van der Waals surface area (Å²) in [5.41, 5.74) is 4.64. The van der Waals surface area contributed by atoms with E-state index in [1.807, 2.05) is 55.5 Å². The number of carbonyl (C=O) groups is 1. The van der Waals surface area contributed by atoms with E-state index in [9.17, 15) is 10.1 Å². The molecule has 0 bridgehead atoms. The van der Waals surface area contributed by atoms with Gasteiger partial charge in [-0.1, -0.05) is 54.1 Å². The van der Waals surface area contributed by atoms with Gasteiger partial charge in [-0.15, -0.1) is 0 Å². The van der Waals surface area contributed by atoms with Crippen molar-refractivity contribution in [3.63, 3.8) is 0 Å². The summed E-state index contributed by atoms with van der Waals surface area (Å²) >= 11 is 0. The number of nitriles is 1. The van der Waals surface area contributed by atoms with E-state index in [0.717, 1.165) is 27.5 Å². The maximum atomic E-state index is 11.8. The maximum Gasteiger partial charge on any atom is 0.306 e. The molecule has 0 unspecified atom stereocenters. The van der Waals surface area contributed by atoms with Crippen LogP contribution in [-0.4, -0.2) is 12.6 Å². The lowest BCUT2D eigenvalue weighted by Crippen LogP contribution is -2.06. The largest absolute Gasteiger partial charge is 0.466 e. The molecule has 3 heteroatoms. The molecule has 0 fully saturated rings. The number of esters is 1. The van der Waals surface area contributed by atoms with Crippen LogP contribution in [0.2, 0.25) is 0 Å². The molecule has 3 rings (SSSR count). The fraction of sp³-hybridized carbons (Fsp3) is 0.217. The second-order valence-electron chi connectivity index (χ2n) is 6.28. The molecule has 0 aromatic heterocycles. The van der Waals surface area contributed by atoms with Crippen molar-refractivity contribution in [1.29, 1.82) is 5.26 Å². The van der Waals surface area contributed by atoms with Crippen LogP contribution in [0, 0.1) is 18.3 Å². The van der Waals surface area contributed by atoms with E-state index >= 15 is 0 Å². The zero-order chi connectivity index (χ0) is 18.5. The highest BCUT2D eigenvalue weighted by Gasteiger charge is 2.16. The van der Waals surface area contributed by atoms with Crippen LogP contribution in [0.1, 0.15) is 30.0 Å². The first-order valence-corrected chi connectivity index (χ1v) is 8.81. The van der Waals surface area contributed by atoms with Gasteiger partial charge >= 0.3 is 5.97 Å². The topological polar surface area (TPSA) is 50.1 Å². The summed E-state index contributed by atoms with van der Waals surface area (Å²) in [7, 11) is 0. The number of carbonyl (C=O) groups excluding carboxylic acids is 1. The fourth-order valence-electron chi connectivity index (χ4n) is 3.23. The minimum Gasteiger partial charge on any atom is -0.466 e. The first-order valence-electron chi connectivity index (χ1n) is 8.81. The van der Waals surface area contributed by atoms with Gasteiger partial charge < -0.3 is 4.74 Å². The van der Waals surface area contributed by atoms with Gasteiger partial charge in [0.1, 0.15) is 6.07 Å². The minimum atomic E-state index is -0.235. The molecule has 0 aliphatic rings. The molecule has 0 amide bonds. The predicted octanol–water partition coefficient (Wildman–Crippen LogP) is 5.18. The van der Waals surface area contributed by atoms with Crippen LogP contribution in [0.3, 0.4) is 0 Å². The van der Waals surface area contributed by atoms with Crippen molar-refractivity contribution < 1.29 is 9.53 Å². The Kier molecular flexibility index (Phi) is 5.34. The molecular formula is C23H21NO2. The molecule has 0 N–H and O–H groups in total. The number of benzene rings is 3. The molecule has 0 radical (unpaired) electrons. The Morgan fingerprint density at radius 2 is 1.85 bits per heavy atom. The van der Waals surface area contributed by atoms with Gasteiger partial charge in [0.15, 0.2) is 0 Å². The van der Waals surface area contributed by atoms with Gasteiger partial charge in [-0.05, 0) is 48.2 Å². The van der Waals surface area contributed by atoms with E-state index in [4.69, 9.17) is 4.74 Å². The average Bonchev–Trinajstić information content (AvgIpc) is 2.66. The van der Waals surface area contributed by atoms with E-state index in [0.29, 0.717) is 18.6 Å². The molecule has 3 aromatic carbocycles. The summed E-state index contributed by atoms with van der Waals surface area (Å²) < 4.78 is 5.06. The molecule has 0 aliphatic carbocycles. The van der Waals surface area contributed by atoms with Crippen molar-refractivity contribution in [2.45, 2.75) is 26.7 Å². The van der Waals surface area contributed by atoms with Crippen molar-refractivity contribution in [2.24, 2.45) is 0 Å². The standard InChI is InChI=1S/C23H21NO2/c1-3-26-23(25)13-12-20-19-7-5-4-6-18(19)14-21(22(20)15-24)17-10-8-16(2)9-11-17/h4-11,14H,3,12-13H2,1-2H3. The van der Waals surface area contributed by atoms with E-state index in [1.54, 1.807) is 6.92 Å². The van der Waals surface area contributed by atoms with Gasteiger partial charge in [0.25, 0.3) is 0 Å². The third-order valence-electron chi connectivity index (χ3n) is 4.52. The lowest BCUT2D eigenvalue weighted by molar-refractivity contribution is -0.143. The van der Waals surface area contributed by atoms with Crippen LogP contribution >= 0.6 is 0 Å². The Morgan fingerprint density at radius 3 is 2.54 bits per heavy atom. The van der Waals surface area contributed by atoms with Crippen molar-refractivity contribution >= 4 is 16.7 Å². The molecule has 3 nitrogen and oxygen atoms in total. The van der Waals surface area contributed by atoms with Crippen LogP contribution in [0.5, 0.6) is 0 Å².